The van der Waals surface area contributed by atoms with Crippen LogP contribution in [0.5, 0.6) is 0 Å². The second-order valence-corrected chi connectivity index (χ2v) is 3.50. The van der Waals surface area contributed by atoms with E-state index in [1.54, 1.807) is 6.07 Å². The van der Waals surface area contributed by atoms with Crippen molar-refractivity contribution in [3.05, 3.63) is 34.9 Å². The zero-order valence-electron chi connectivity index (χ0n) is 7.91. The van der Waals surface area contributed by atoms with Gasteiger partial charge in [0.15, 0.2) is 10.9 Å². The number of halogens is 1. The molecule has 0 unspecified atom stereocenters. The topological polar surface area (TPSA) is 34.4 Å². The van der Waals surface area contributed by atoms with Gasteiger partial charge in [-0.15, -0.1) is 0 Å². The van der Waals surface area contributed by atoms with E-state index in [4.69, 9.17) is 11.6 Å². The smallest absolute Gasteiger partial charge is 0.162 e. The van der Waals surface area contributed by atoms with Crippen LogP contribution in [0.4, 0.5) is 0 Å². The first-order valence-electron chi connectivity index (χ1n) is 4.25. The molecule has 0 saturated carbocycles. The SMILES string of the molecule is CC(=O)c1cccn2c(C)nc(Cl)c12. The molecule has 2 rings (SSSR count). The summed E-state index contributed by atoms with van der Waals surface area (Å²) in [6, 6.07) is 3.57. The van der Waals surface area contributed by atoms with Crippen LogP contribution < -0.4 is 0 Å². The third-order valence-corrected chi connectivity index (χ3v) is 2.44. The number of ketones is 1. The Kier molecular flexibility index (Phi) is 2.04. The summed E-state index contributed by atoms with van der Waals surface area (Å²) in [6.45, 7) is 3.37. The van der Waals surface area contributed by atoms with Crippen molar-refractivity contribution in [1.82, 2.24) is 9.38 Å². The van der Waals surface area contributed by atoms with Gasteiger partial charge in [-0.1, -0.05) is 11.6 Å². The molecule has 0 aliphatic rings. The number of hydrogen-bond acceptors (Lipinski definition) is 2. The van der Waals surface area contributed by atoms with Gasteiger partial charge in [-0.3, -0.25) is 4.79 Å². The predicted molar refractivity (Wildman–Crippen MR) is 54.9 cm³/mol. The second kappa shape index (κ2) is 3.10. The van der Waals surface area contributed by atoms with E-state index >= 15 is 0 Å². The molecule has 14 heavy (non-hydrogen) atoms. The van der Waals surface area contributed by atoms with Gasteiger partial charge in [-0.2, -0.15) is 0 Å². The van der Waals surface area contributed by atoms with Crippen molar-refractivity contribution in [1.29, 1.82) is 0 Å². The Balaban J connectivity index is 2.92. The monoisotopic (exact) mass is 208 g/mol. The van der Waals surface area contributed by atoms with Crippen LogP contribution in [-0.4, -0.2) is 15.2 Å². The molecule has 0 N–H and O–H groups in total. The lowest BCUT2D eigenvalue weighted by Gasteiger charge is -2.00. The highest BCUT2D eigenvalue weighted by Crippen LogP contribution is 2.22. The molecule has 0 amide bonds. The first kappa shape index (κ1) is 9.21. The van der Waals surface area contributed by atoms with E-state index in [1.807, 2.05) is 23.6 Å². The molecule has 3 nitrogen and oxygen atoms in total. The lowest BCUT2D eigenvalue weighted by molar-refractivity contribution is 0.101. The largest absolute Gasteiger partial charge is 0.302 e. The van der Waals surface area contributed by atoms with Gasteiger partial charge < -0.3 is 4.40 Å². The number of aromatic nitrogens is 2. The number of rotatable bonds is 1. The Hall–Kier alpha value is -1.35. The Bertz CT molecular complexity index is 516. The normalized spacial score (nSPS) is 10.8. The summed E-state index contributed by atoms with van der Waals surface area (Å²) in [7, 11) is 0. The van der Waals surface area contributed by atoms with Crippen molar-refractivity contribution in [2.75, 3.05) is 0 Å². The summed E-state index contributed by atoms with van der Waals surface area (Å²) >= 11 is 5.94. The molecule has 0 aliphatic heterocycles. The maximum absolute atomic E-state index is 11.3. The molecule has 0 bridgehead atoms. The zero-order valence-corrected chi connectivity index (χ0v) is 8.67. The number of imidazole rings is 1. The van der Waals surface area contributed by atoms with Gasteiger partial charge in [0.05, 0.1) is 5.52 Å². The van der Waals surface area contributed by atoms with Crippen molar-refractivity contribution in [2.45, 2.75) is 13.8 Å². The minimum atomic E-state index is -0.00241. The average molecular weight is 209 g/mol. The van der Waals surface area contributed by atoms with Crippen LogP contribution in [-0.2, 0) is 0 Å². The zero-order chi connectivity index (χ0) is 10.3. The van der Waals surface area contributed by atoms with E-state index in [2.05, 4.69) is 4.98 Å². The Labute approximate surface area is 86.3 Å². The number of Topliss-reactive ketones (excluding diaryl/α,β-unsaturated/α-hetero) is 1. The number of carbonyl (C=O) groups excluding carboxylic acids is 1. The summed E-state index contributed by atoms with van der Waals surface area (Å²) in [4.78, 5) is 15.4. The molecule has 0 fully saturated rings. The molecule has 0 spiro atoms. The first-order chi connectivity index (χ1) is 6.61. The van der Waals surface area contributed by atoms with E-state index in [-0.39, 0.29) is 5.78 Å². The predicted octanol–water partition coefficient (Wildman–Crippen LogP) is 2.50. The quantitative estimate of drug-likeness (QED) is 0.675. The van der Waals surface area contributed by atoms with Crippen molar-refractivity contribution in [3.8, 4) is 0 Å². The van der Waals surface area contributed by atoms with Crippen LogP contribution in [0.3, 0.4) is 0 Å². The fraction of sp³-hybridized carbons (Fsp3) is 0.200. The summed E-state index contributed by atoms with van der Waals surface area (Å²) in [6.07, 6.45) is 1.84. The number of pyridine rings is 1. The number of fused-ring (bicyclic) bond motifs is 1. The van der Waals surface area contributed by atoms with Gasteiger partial charge in [0.1, 0.15) is 5.82 Å². The van der Waals surface area contributed by atoms with Crippen LogP contribution in [0.25, 0.3) is 5.52 Å². The Morgan fingerprint density at radius 1 is 1.57 bits per heavy atom. The highest BCUT2D eigenvalue weighted by Gasteiger charge is 2.12. The number of carbonyl (C=O) groups is 1. The number of aryl methyl sites for hydroxylation is 1. The molecule has 0 radical (unpaired) electrons. The van der Waals surface area contributed by atoms with Crippen molar-refractivity contribution < 1.29 is 4.79 Å². The second-order valence-electron chi connectivity index (χ2n) is 3.15. The average Bonchev–Trinajstić information content (AvgIpc) is 2.43. The highest BCUT2D eigenvalue weighted by molar-refractivity contribution is 6.33. The van der Waals surface area contributed by atoms with Crippen LogP contribution >= 0.6 is 11.6 Å². The summed E-state index contributed by atoms with van der Waals surface area (Å²) in [5.74, 6) is 0.783. The van der Waals surface area contributed by atoms with Gasteiger partial charge in [-0.05, 0) is 26.0 Å². The molecular weight excluding hydrogens is 200 g/mol. The van der Waals surface area contributed by atoms with E-state index in [0.29, 0.717) is 16.2 Å². The van der Waals surface area contributed by atoms with Crippen LogP contribution in [0.2, 0.25) is 5.15 Å². The van der Waals surface area contributed by atoms with E-state index in [1.165, 1.54) is 6.92 Å². The maximum atomic E-state index is 11.3. The molecule has 2 aromatic heterocycles. The molecule has 0 aliphatic carbocycles. The molecule has 2 aromatic rings. The van der Waals surface area contributed by atoms with Crippen molar-refractivity contribution in [2.24, 2.45) is 0 Å². The Morgan fingerprint density at radius 3 is 2.93 bits per heavy atom. The fourth-order valence-electron chi connectivity index (χ4n) is 1.52. The third-order valence-electron chi connectivity index (χ3n) is 2.18. The molecule has 4 heteroatoms. The Morgan fingerprint density at radius 2 is 2.29 bits per heavy atom. The van der Waals surface area contributed by atoms with Gasteiger partial charge in [-0.25, -0.2) is 4.98 Å². The molecule has 0 saturated heterocycles. The lowest BCUT2D eigenvalue weighted by atomic mass is 10.2. The fourth-order valence-corrected chi connectivity index (χ4v) is 1.84. The third kappa shape index (κ3) is 1.21. The lowest BCUT2D eigenvalue weighted by Crippen LogP contribution is -1.97. The molecule has 0 aromatic carbocycles. The summed E-state index contributed by atoms with van der Waals surface area (Å²) < 4.78 is 1.82. The van der Waals surface area contributed by atoms with Crippen LogP contribution in [0.1, 0.15) is 23.1 Å². The molecular formula is C10H9ClN2O. The van der Waals surface area contributed by atoms with Crippen LogP contribution in [0, 0.1) is 6.92 Å². The standard InChI is InChI=1S/C10H9ClN2O/c1-6(14)8-4-3-5-13-7(2)12-10(11)9(8)13/h3-5H,1-2H3. The van der Waals surface area contributed by atoms with E-state index in [9.17, 15) is 4.79 Å². The van der Waals surface area contributed by atoms with Gasteiger partial charge >= 0.3 is 0 Å². The minimum absolute atomic E-state index is 0.00241. The van der Waals surface area contributed by atoms with Crippen molar-refractivity contribution in [3.63, 3.8) is 0 Å². The maximum Gasteiger partial charge on any atom is 0.162 e. The number of hydrogen-bond donors (Lipinski definition) is 0. The minimum Gasteiger partial charge on any atom is -0.302 e. The molecule has 0 atom stereocenters. The van der Waals surface area contributed by atoms with E-state index in [0.717, 1.165) is 5.82 Å². The van der Waals surface area contributed by atoms with Gasteiger partial charge in [0, 0.05) is 11.8 Å². The van der Waals surface area contributed by atoms with Crippen molar-refractivity contribution >= 4 is 22.9 Å². The van der Waals surface area contributed by atoms with Crippen LogP contribution in [0.15, 0.2) is 18.3 Å². The summed E-state index contributed by atoms with van der Waals surface area (Å²) in [5, 5.41) is 0.383. The van der Waals surface area contributed by atoms with E-state index < -0.39 is 0 Å². The molecule has 72 valence electrons. The summed E-state index contributed by atoms with van der Waals surface area (Å²) in [5.41, 5.74) is 1.30. The van der Waals surface area contributed by atoms with Gasteiger partial charge in [0.2, 0.25) is 0 Å². The number of nitrogens with zero attached hydrogens (tertiary/aromatic N) is 2. The van der Waals surface area contributed by atoms with Gasteiger partial charge in [0.25, 0.3) is 0 Å². The molecule has 2 heterocycles. The highest BCUT2D eigenvalue weighted by atomic mass is 35.5. The first-order valence-corrected chi connectivity index (χ1v) is 4.63.